The lowest BCUT2D eigenvalue weighted by molar-refractivity contribution is 0.158. The van der Waals surface area contributed by atoms with Crippen molar-refractivity contribution in [3.05, 3.63) is 29.3 Å². The largest absolute Gasteiger partial charge is 0.292 e. The summed E-state index contributed by atoms with van der Waals surface area (Å²) in [5, 5.41) is 0.619. The van der Waals surface area contributed by atoms with Crippen molar-refractivity contribution >= 4 is 22.6 Å². The Bertz CT molecular complexity index is 275. The minimum atomic E-state index is -1.32. The predicted molar refractivity (Wildman–Crippen MR) is 48.0 cm³/mol. The summed E-state index contributed by atoms with van der Waals surface area (Å²) in [5.74, 6) is 0. The highest BCUT2D eigenvalue weighted by molar-refractivity contribution is 7.82. The molecule has 0 radical (unpaired) electrons. The van der Waals surface area contributed by atoms with Crippen molar-refractivity contribution in [2.75, 3.05) is 7.11 Å². The summed E-state index contributed by atoms with van der Waals surface area (Å²) < 4.78 is 11.2. The van der Waals surface area contributed by atoms with Gasteiger partial charge in [0.2, 0.25) is 0 Å². The molecule has 1 N–H and O–H groups in total. The molecule has 1 rings (SSSR count). The molecule has 1 aromatic rings. The summed E-state index contributed by atoms with van der Waals surface area (Å²) in [6.45, 7) is 0. The SMILES string of the molecule is CON[S@@](=O)c1ccc(Cl)cc1. The molecule has 0 aliphatic rings. The summed E-state index contributed by atoms with van der Waals surface area (Å²) >= 11 is 5.64. The van der Waals surface area contributed by atoms with Crippen LogP contribution in [0.3, 0.4) is 0 Å². The van der Waals surface area contributed by atoms with Gasteiger partial charge in [-0.3, -0.25) is 4.84 Å². The summed E-state index contributed by atoms with van der Waals surface area (Å²) in [7, 11) is 0.0880. The van der Waals surface area contributed by atoms with Crippen molar-refractivity contribution in [2.45, 2.75) is 4.90 Å². The first-order chi connectivity index (χ1) is 5.74. The van der Waals surface area contributed by atoms with Crippen LogP contribution in [0.15, 0.2) is 29.2 Å². The molecule has 5 heteroatoms. The minimum absolute atomic E-state index is 0.619. The molecule has 0 fully saturated rings. The van der Waals surface area contributed by atoms with Crippen molar-refractivity contribution in [1.82, 2.24) is 4.89 Å². The van der Waals surface area contributed by atoms with Gasteiger partial charge in [-0.15, -0.1) is 4.89 Å². The maximum absolute atomic E-state index is 11.2. The molecular weight excluding hydrogens is 198 g/mol. The van der Waals surface area contributed by atoms with Crippen molar-refractivity contribution in [3.8, 4) is 0 Å². The summed E-state index contributed by atoms with van der Waals surface area (Å²) in [6.07, 6.45) is 0. The smallest absolute Gasteiger partial charge is 0.148 e. The Balaban J connectivity index is 2.75. The van der Waals surface area contributed by atoms with Gasteiger partial charge in [0, 0.05) is 5.02 Å². The highest BCUT2D eigenvalue weighted by Gasteiger charge is 2.00. The Hall–Kier alpha value is -0.420. The number of nitrogens with one attached hydrogen (secondary N) is 1. The lowest BCUT2D eigenvalue weighted by Gasteiger charge is -2.00. The zero-order valence-electron chi connectivity index (χ0n) is 6.41. The fraction of sp³-hybridized carbons (Fsp3) is 0.143. The van der Waals surface area contributed by atoms with E-state index in [0.29, 0.717) is 9.92 Å². The molecule has 0 saturated carbocycles. The van der Waals surface area contributed by atoms with E-state index >= 15 is 0 Å². The zero-order valence-corrected chi connectivity index (χ0v) is 7.98. The maximum Gasteiger partial charge on any atom is 0.148 e. The highest BCUT2D eigenvalue weighted by Crippen LogP contribution is 2.11. The molecule has 0 bridgehead atoms. The molecular formula is C7H8ClNO2S. The minimum Gasteiger partial charge on any atom is -0.292 e. The van der Waals surface area contributed by atoms with Crippen molar-refractivity contribution in [3.63, 3.8) is 0 Å². The average molecular weight is 206 g/mol. The standard InChI is InChI=1S/C7H8ClNO2S/c1-11-9-12(10)7-4-2-6(8)3-5-7/h2-5,9H,1H3/t12-/m0/s1. The quantitative estimate of drug-likeness (QED) is 0.760. The van der Waals surface area contributed by atoms with E-state index in [9.17, 15) is 4.21 Å². The van der Waals surface area contributed by atoms with Gasteiger partial charge in [-0.2, -0.15) is 0 Å². The van der Waals surface area contributed by atoms with E-state index in [1.807, 2.05) is 0 Å². The van der Waals surface area contributed by atoms with Crippen LogP contribution in [0.25, 0.3) is 0 Å². The molecule has 0 amide bonds. The second kappa shape index (κ2) is 4.57. The van der Waals surface area contributed by atoms with Crippen LogP contribution in [0, 0.1) is 0 Å². The predicted octanol–water partition coefficient (Wildman–Crippen LogP) is 1.51. The first-order valence-electron chi connectivity index (χ1n) is 3.20. The molecule has 0 aliphatic heterocycles. The molecule has 1 aromatic carbocycles. The molecule has 0 saturated heterocycles. The Kier molecular flexibility index (Phi) is 3.68. The molecule has 0 heterocycles. The number of rotatable bonds is 3. The number of halogens is 1. The van der Waals surface area contributed by atoms with Gasteiger partial charge in [0.1, 0.15) is 11.0 Å². The molecule has 1 atom stereocenters. The Morgan fingerprint density at radius 3 is 2.50 bits per heavy atom. The fourth-order valence-electron chi connectivity index (χ4n) is 0.682. The van der Waals surface area contributed by atoms with Crippen LogP contribution in [0.5, 0.6) is 0 Å². The van der Waals surface area contributed by atoms with Gasteiger partial charge < -0.3 is 0 Å². The highest BCUT2D eigenvalue weighted by atomic mass is 35.5. The Morgan fingerprint density at radius 2 is 2.00 bits per heavy atom. The van der Waals surface area contributed by atoms with Crippen LogP contribution in [0.2, 0.25) is 5.02 Å². The van der Waals surface area contributed by atoms with Gasteiger partial charge in [-0.1, -0.05) is 11.6 Å². The second-order valence-electron chi connectivity index (χ2n) is 2.01. The molecule has 0 aromatic heterocycles. The third kappa shape index (κ3) is 2.57. The Labute approximate surface area is 78.2 Å². The van der Waals surface area contributed by atoms with Crippen LogP contribution in [-0.4, -0.2) is 11.3 Å². The number of hydrogen-bond acceptors (Lipinski definition) is 2. The topological polar surface area (TPSA) is 38.3 Å². The van der Waals surface area contributed by atoms with E-state index in [-0.39, 0.29) is 0 Å². The molecule has 3 nitrogen and oxygen atoms in total. The van der Waals surface area contributed by atoms with Crippen molar-refractivity contribution < 1.29 is 9.05 Å². The van der Waals surface area contributed by atoms with Gasteiger partial charge in [0.15, 0.2) is 0 Å². The maximum atomic E-state index is 11.2. The van der Waals surface area contributed by atoms with E-state index < -0.39 is 11.0 Å². The van der Waals surface area contributed by atoms with E-state index in [4.69, 9.17) is 11.6 Å². The molecule has 0 aliphatic carbocycles. The van der Waals surface area contributed by atoms with E-state index in [0.717, 1.165) is 0 Å². The van der Waals surface area contributed by atoms with Gasteiger partial charge in [-0.05, 0) is 24.3 Å². The second-order valence-corrected chi connectivity index (χ2v) is 3.62. The first kappa shape index (κ1) is 9.67. The van der Waals surface area contributed by atoms with E-state index in [1.54, 1.807) is 24.3 Å². The van der Waals surface area contributed by atoms with Crippen molar-refractivity contribution in [2.24, 2.45) is 0 Å². The van der Waals surface area contributed by atoms with Crippen LogP contribution < -0.4 is 4.89 Å². The third-order valence-electron chi connectivity index (χ3n) is 1.19. The Morgan fingerprint density at radius 1 is 1.42 bits per heavy atom. The van der Waals surface area contributed by atoms with E-state index in [2.05, 4.69) is 9.72 Å². The van der Waals surface area contributed by atoms with Crippen LogP contribution >= 0.6 is 11.6 Å². The zero-order chi connectivity index (χ0) is 8.97. The third-order valence-corrected chi connectivity index (χ3v) is 2.46. The molecule has 66 valence electrons. The fourth-order valence-corrected chi connectivity index (χ4v) is 1.44. The van der Waals surface area contributed by atoms with Gasteiger partial charge in [0.05, 0.1) is 12.0 Å². The van der Waals surface area contributed by atoms with Gasteiger partial charge in [-0.25, -0.2) is 4.21 Å². The molecule has 0 unspecified atom stereocenters. The monoisotopic (exact) mass is 205 g/mol. The molecule has 0 spiro atoms. The normalized spacial score (nSPS) is 12.8. The van der Waals surface area contributed by atoms with Gasteiger partial charge in [0.25, 0.3) is 0 Å². The van der Waals surface area contributed by atoms with Gasteiger partial charge >= 0.3 is 0 Å². The van der Waals surface area contributed by atoms with Crippen LogP contribution in [0.4, 0.5) is 0 Å². The van der Waals surface area contributed by atoms with Crippen molar-refractivity contribution in [1.29, 1.82) is 0 Å². The lowest BCUT2D eigenvalue weighted by atomic mass is 10.4. The first-order valence-corrected chi connectivity index (χ1v) is 4.73. The average Bonchev–Trinajstić information content (AvgIpc) is 2.06. The summed E-state index contributed by atoms with van der Waals surface area (Å²) in [6, 6.07) is 6.69. The molecule has 12 heavy (non-hydrogen) atoms. The van der Waals surface area contributed by atoms with Crippen LogP contribution in [-0.2, 0) is 15.8 Å². The summed E-state index contributed by atoms with van der Waals surface area (Å²) in [4.78, 5) is 7.44. The number of benzene rings is 1. The summed E-state index contributed by atoms with van der Waals surface area (Å²) in [5.41, 5.74) is 0. The lowest BCUT2D eigenvalue weighted by Crippen LogP contribution is -2.14. The van der Waals surface area contributed by atoms with Crippen LogP contribution in [0.1, 0.15) is 0 Å². The number of hydrogen-bond donors (Lipinski definition) is 1. The van der Waals surface area contributed by atoms with E-state index in [1.165, 1.54) is 7.11 Å².